The second-order valence-corrected chi connectivity index (χ2v) is 9.41. The second-order valence-electron chi connectivity index (χ2n) is 7.21. The number of anilines is 3. The van der Waals surface area contributed by atoms with Crippen LogP contribution in [0.15, 0.2) is 52.9 Å². The van der Waals surface area contributed by atoms with Gasteiger partial charge < -0.3 is 16.0 Å². The van der Waals surface area contributed by atoms with E-state index in [1.54, 1.807) is 24.3 Å². The van der Waals surface area contributed by atoms with Crippen LogP contribution < -0.4 is 16.0 Å². The summed E-state index contributed by atoms with van der Waals surface area (Å²) in [6, 6.07) is 15.4. The first-order chi connectivity index (χ1) is 15.1. The van der Waals surface area contributed by atoms with Gasteiger partial charge in [-0.1, -0.05) is 48.2 Å². The molecule has 3 aromatic rings. The maximum absolute atomic E-state index is 12.3. The largest absolute Gasteiger partial charge is 0.349 e. The van der Waals surface area contributed by atoms with Gasteiger partial charge >= 0.3 is 0 Å². The topological polar surface area (TPSA) is 96.0 Å². The van der Waals surface area contributed by atoms with Crippen molar-refractivity contribution in [2.75, 3.05) is 16.4 Å². The molecule has 7 nitrogen and oxygen atoms in total. The number of thioether (sulfide) groups is 1. The molecule has 0 saturated heterocycles. The van der Waals surface area contributed by atoms with Crippen molar-refractivity contribution in [3.05, 3.63) is 59.7 Å². The summed E-state index contributed by atoms with van der Waals surface area (Å²) < 4.78 is 0.709. The Bertz CT molecular complexity index is 1060. The lowest BCUT2D eigenvalue weighted by Crippen LogP contribution is -2.25. The molecule has 0 atom stereocenters. The number of rotatable bonds is 9. The van der Waals surface area contributed by atoms with E-state index in [0.29, 0.717) is 26.8 Å². The second kappa shape index (κ2) is 9.93. The summed E-state index contributed by atoms with van der Waals surface area (Å²) in [6.45, 7) is 2.12. The third-order valence-corrected chi connectivity index (χ3v) is 6.64. The van der Waals surface area contributed by atoms with E-state index in [1.165, 1.54) is 28.7 Å². The third-order valence-electron chi connectivity index (χ3n) is 4.67. The van der Waals surface area contributed by atoms with Crippen molar-refractivity contribution in [1.29, 1.82) is 0 Å². The number of benzene rings is 2. The van der Waals surface area contributed by atoms with Gasteiger partial charge in [0.15, 0.2) is 4.34 Å². The Kier molecular flexibility index (Phi) is 6.83. The zero-order valence-electron chi connectivity index (χ0n) is 17.1. The number of carbonyl (C=O) groups excluding carboxylic acids is 2. The Morgan fingerprint density at radius 2 is 1.90 bits per heavy atom. The third kappa shape index (κ3) is 6.28. The van der Waals surface area contributed by atoms with Gasteiger partial charge in [0, 0.05) is 23.0 Å². The molecule has 1 aromatic heterocycles. The normalized spacial score (nSPS) is 12.9. The molecule has 1 fully saturated rings. The molecule has 2 amide bonds. The van der Waals surface area contributed by atoms with Gasteiger partial charge in [-0.2, -0.15) is 0 Å². The minimum Gasteiger partial charge on any atom is -0.349 e. The molecule has 0 bridgehead atoms. The molecule has 2 aromatic carbocycles. The zero-order valence-corrected chi connectivity index (χ0v) is 18.7. The maximum atomic E-state index is 12.3. The van der Waals surface area contributed by atoms with Gasteiger partial charge in [-0.25, -0.2) is 0 Å². The Morgan fingerprint density at radius 3 is 2.65 bits per heavy atom. The van der Waals surface area contributed by atoms with Gasteiger partial charge in [-0.15, -0.1) is 10.2 Å². The van der Waals surface area contributed by atoms with Gasteiger partial charge in [0.1, 0.15) is 0 Å². The Balaban J connectivity index is 1.26. The molecule has 4 rings (SSSR count). The quantitative estimate of drug-likeness (QED) is 0.414. The van der Waals surface area contributed by atoms with Crippen molar-refractivity contribution in [2.45, 2.75) is 36.6 Å². The summed E-state index contributed by atoms with van der Waals surface area (Å²) in [4.78, 5) is 24.5. The first-order valence-electron chi connectivity index (χ1n) is 10.1. The van der Waals surface area contributed by atoms with Crippen LogP contribution in [0.2, 0.25) is 0 Å². The molecule has 0 unspecified atom stereocenters. The number of carbonyl (C=O) groups is 2. The average Bonchev–Trinajstić information content (AvgIpc) is 3.49. The van der Waals surface area contributed by atoms with Gasteiger partial charge in [0.05, 0.1) is 5.75 Å². The number of nitrogens with one attached hydrogen (secondary N) is 3. The van der Waals surface area contributed by atoms with Crippen LogP contribution in [0, 0.1) is 0 Å². The fourth-order valence-electron chi connectivity index (χ4n) is 2.82. The molecule has 0 radical (unpaired) electrons. The Hall–Kier alpha value is -2.91. The van der Waals surface area contributed by atoms with Crippen molar-refractivity contribution in [1.82, 2.24) is 15.5 Å². The van der Waals surface area contributed by atoms with Crippen LogP contribution in [-0.2, 0) is 11.2 Å². The van der Waals surface area contributed by atoms with Crippen LogP contribution in [-0.4, -0.2) is 33.8 Å². The smallest absolute Gasteiger partial charge is 0.251 e. The predicted octanol–water partition coefficient (Wildman–Crippen LogP) is 4.47. The van der Waals surface area contributed by atoms with E-state index < -0.39 is 0 Å². The maximum Gasteiger partial charge on any atom is 0.251 e. The van der Waals surface area contributed by atoms with E-state index in [1.807, 2.05) is 12.1 Å². The van der Waals surface area contributed by atoms with Crippen LogP contribution in [0.5, 0.6) is 0 Å². The number of aromatic nitrogens is 2. The van der Waals surface area contributed by atoms with E-state index in [4.69, 9.17) is 0 Å². The Labute approximate surface area is 189 Å². The number of aryl methyl sites for hydroxylation is 1. The number of hydrogen-bond acceptors (Lipinski definition) is 7. The summed E-state index contributed by atoms with van der Waals surface area (Å²) in [7, 11) is 0. The lowest BCUT2D eigenvalue weighted by atomic mass is 10.1. The fourth-order valence-corrected chi connectivity index (χ4v) is 4.40. The molecule has 0 aliphatic heterocycles. The highest BCUT2D eigenvalue weighted by atomic mass is 32.2. The molecule has 9 heteroatoms. The van der Waals surface area contributed by atoms with E-state index in [9.17, 15) is 9.59 Å². The predicted molar refractivity (Wildman–Crippen MR) is 125 cm³/mol. The molecular formula is C22H23N5O2S2. The highest BCUT2D eigenvalue weighted by Gasteiger charge is 2.23. The average molecular weight is 454 g/mol. The summed E-state index contributed by atoms with van der Waals surface area (Å²) >= 11 is 2.73. The van der Waals surface area contributed by atoms with Crippen molar-refractivity contribution >= 4 is 51.4 Å². The monoisotopic (exact) mass is 453 g/mol. The summed E-state index contributed by atoms with van der Waals surface area (Å²) in [5.41, 5.74) is 3.38. The summed E-state index contributed by atoms with van der Waals surface area (Å²) in [6.07, 6.45) is 3.07. The molecular weight excluding hydrogens is 430 g/mol. The minimum absolute atomic E-state index is 0.105. The summed E-state index contributed by atoms with van der Waals surface area (Å²) in [5, 5.41) is 18.0. The van der Waals surface area contributed by atoms with E-state index in [2.05, 4.69) is 45.2 Å². The fraction of sp³-hybridized carbons (Fsp3) is 0.273. The highest BCUT2D eigenvalue weighted by molar-refractivity contribution is 8.01. The molecule has 3 N–H and O–H groups in total. The SMILES string of the molecule is CCc1ccc(Nc2nnc(SCC(=O)Nc3cccc(C(=O)NC4CC4)c3)s2)cc1. The molecule has 31 heavy (non-hydrogen) atoms. The molecule has 1 saturated carbocycles. The lowest BCUT2D eigenvalue weighted by molar-refractivity contribution is -0.113. The minimum atomic E-state index is -0.162. The van der Waals surface area contributed by atoms with Crippen molar-refractivity contribution in [2.24, 2.45) is 0 Å². The molecule has 1 aliphatic carbocycles. The van der Waals surface area contributed by atoms with Crippen LogP contribution in [0.1, 0.15) is 35.7 Å². The van der Waals surface area contributed by atoms with Crippen molar-refractivity contribution in [3.8, 4) is 0 Å². The van der Waals surface area contributed by atoms with E-state index in [-0.39, 0.29) is 17.6 Å². The van der Waals surface area contributed by atoms with Crippen molar-refractivity contribution < 1.29 is 9.59 Å². The van der Waals surface area contributed by atoms with Gasteiger partial charge in [-0.05, 0) is 55.2 Å². The van der Waals surface area contributed by atoms with Crippen LogP contribution in [0.4, 0.5) is 16.5 Å². The first kappa shape index (κ1) is 21.3. The Morgan fingerprint density at radius 1 is 1.10 bits per heavy atom. The molecule has 1 aliphatic rings. The van der Waals surface area contributed by atoms with Crippen molar-refractivity contribution in [3.63, 3.8) is 0 Å². The first-order valence-corrected chi connectivity index (χ1v) is 11.9. The van der Waals surface area contributed by atoms with Crippen LogP contribution in [0.25, 0.3) is 0 Å². The zero-order chi connectivity index (χ0) is 21.6. The van der Waals surface area contributed by atoms with E-state index >= 15 is 0 Å². The van der Waals surface area contributed by atoms with Crippen LogP contribution >= 0.6 is 23.1 Å². The number of hydrogen-bond donors (Lipinski definition) is 3. The molecule has 1 heterocycles. The lowest BCUT2D eigenvalue weighted by Gasteiger charge is -2.07. The number of amides is 2. The number of nitrogens with zero attached hydrogens (tertiary/aromatic N) is 2. The highest BCUT2D eigenvalue weighted by Crippen LogP contribution is 2.28. The van der Waals surface area contributed by atoms with Gasteiger partial charge in [-0.3, -0.25) is 9.59 Å². The van der Waals surface area contributed by atoms with E-state index in [0.717, 1.165) is 24.9 Å². The standard InChI is InChI=1S/C22H23N5O2S2/c1-2-14-6-8-17(9-7-14)25-21-26-27-22(31-21)30-13-19(28)23-18-5-3-4-15(12-18)20(29)24-16-10-11-16/h3-9,12,16H,2,10-11,13H2,1H3,(H,23,28)(H,24,29)(H,25,26). The molecule has 0 spiro atoms. The van der Waals surface area contributed by atoms with Gasteiger partial charge in [0.2, 0.25) is 11.0 Å². The molecule has 160 valence electrons. The van der Waals surface area contributed by atoms with Crippen LogP contribution in [0.3, 0.4) is 0 Å². The summed E-state index contributed by atoms with van der Waals surface area (Å²) in [5.74, 6) is -0.0611. The van der Waals surface area contributed by atoms with Gasteiger partial charge in [0.25, 0.3) is 5.91 Å².